The SMILES string of the molecule is C=CCOC(=S)SP(=S)(OCC)OCC. The fraction of sp³-hybridized carbons (Fsp3) is 0.625. The predicted molar refractivity (Wildman–Crippen MR) is 73.9 cm³/mol. The van der Waals surface area contributed by atoms with E-state index in [-0.39, 0.29) is 0 Å². The highest BCUT2D eigenvalue weighted by Crippen LogP contribution is 2.61. The van der Waals surface area contributed by atoms with E-state index in [1.165, 1.54) is 11.4 Å². The molecule has 0 saturated heterocycles. The van der Waals surface area contributed by atoms with E-state index in [1.54, 1.807) is 6.08 Å². The second-order valence-electron chi connectivity index (χ2n) is 2.22. The Morgan fingerprint density at radius 3 is 2.33 bits per heavy atom. The van der Waals surface area contributed by atoms with Gasteiger partial charge in [0.05, 0.1) is 13.2 Å². The Hall–Kier alpha value is 0.550. The summed E-state index contributed by atoms with van der Waals surface area (Å²) in [6.07, 6.45) is 1.62. The largest absolute Gasteiger partial charge is 0.474 e. The van der Waals surface area contributed by atoms with Gasteiger partial charge in [-0.05, 0) is 37.9 Å². The van der Waals surface area contributed by atoms with Crippen LogP contribution in [0.2, 0.25) is 0 Å². The molecule has 0 aliphatic heterocycles. The lowest BCUT2D eigenvalue weighted by atomic mass is 10.7. The number of rotatable bonds is 7. The van der Waals surface area contributed by atoms with Crippen molar-refractivity contribution in [1.29, 1.82) is 0 Å². The minimum absolute atomic E-state index is 0.347. The highest BCUT2D eigenvalue weighted by molar-refractivity contribution is 8.75. The molecule has 88 valence electrons. The third-order valence-corrected chi connectivity index (χ3v) is 6.56. The summed E-state index contributed by atoms with van der Waals surface area (Å²) in [7, 11) is 0. The van der Waals surface area contributed by atoms with Gasteiger partial charge in [0.15, 0.2) is 0 Å². The van der Waals surface area contributed by atoms with Crippen molar-refractivity contribution in [3.63, 3.8) is 0 Å². The molecule has 3 nitrogen and oxygen atoms in total. The molecule has 0 heterocycles. The number of hydrogen-bond acceptors (Lipinski definition) is 6. The zero-order valence-corrected chi connectivity index (χ0v) is 12.1. The van der Waals surface area contributed by atoms with Gasteiger partial charge >= 0.3 is 0 Å². The quantitative estimate of drug-likeness (QED) is 0.404. The molecular formula is C8H15O3PS3. The van der Waals surface area contributed by atoms with E-state index in [4.69, 9.17) is 37.8 Å². The Balaban J connectivity index is 4.20. The van der Waals surface area contributed by atoms with Crippen LogP contribution in [0.5, 0.6) is 0 Å². The molecule has 0 saturated carbocycles. The third-order valence-electron chi connectivity index (χ3n) is 1.08. The molecule has 0 aliphatic rings. The lowest BCUT2D eigenvalue weighted by Gasteiger charge is -2.19. The molecule has 0 atom stereocenters. The van der Waals surface area contributed by atoms with Gasteiger partial charge in [0.25, 0.3) is 5.69 Å². The molecule has 0 N–H and O–H groups in total. The molecule has 0 fully saturated rings. The zero-order valence-electron chi connectivity index (χ0n) is 8.80. The lowest BCUT2D eigenvalue weighted by molar-refractivity contribution is 0.280. The maximum Gasteiger partial charge on any atom is 0.255 e. The minimum Gasteiger partial charge on any atom is -0.474 e. The lowest BCUT2D eigenvalue weighted by Crippen LogP contribution is -1.99. The summed E-state index contributed by atoms with van der Waals surface area (Å²) >= 11 is 11.4. The second-order valence-corrected chi connectivity index (χ2v) is 8.94. The standard InChI is InChI=1S/C8H15O3PS3/c1-4-7-9-8(13)15-12(14,10-5-2)11-6-3/h4H,1,5-7H2,2-3H3. The molecule has 0 amide bonds. The van der Waals surface area contributed by atoms with Gasteiger partial charge in [0.2, 0.25) is 4.38 Å². The predicted octanol–water partition coefficient (Wildman–Crippen LogP) is 3.50. The van der Waals surface area contributed by atoms with Crippen LogP contribution in [0.1, 0.15) is 13.8 Å². The second kappa shape index (κ2) is 8.67. The number of ether oxygens (including phenoxy) is 1. The summed E-state index contributed by atoms with van der Waals surface area (Å²) < 4.78 is 16.3. The summed E-state index contributed by atoms with van der Waals surface area (Å²) in [6, 6.07) is 0. The van der Waals surface area contributed by atoms with Crippen molar-refractivity contribution in [1.82, 2.24) is 0 Å². The van der Waals surface area contributed by atoms with Crippen LogP contribution in [0, 0.1) is 0 Å². The molecule has 0 aliphatic carbocycles. The van der Waals surface area contributed by atoms with Gasteiger partial charge < -0.3 is 13.8 Å². The van der Waals surface area contributed by atoms with Gasteiger partial charge in [-0.25, -0.2) is 0 Å². The van der Waals surface area contributed by atoms with E-state index >= 15 is 0 Å². The summed E-state index contributed by atoms with van der Waals surface area (Å²) in [5.74, 6) is 0. The van der Waals surface area contributed by atoms with Gasteiger partial charge in [-0.15, -0.1) is 0 Å². The van der Waals surface area contributed by atoms with Crippen LogP contribution in [0.4, 0.5) is 0 Å². The van der Waals surface area contributed by atoms with Crippen LogP contribution in [0.25, 0.3) is 0 Å². The first kappa shape index (κ1) is 15.6. The fourth-order valence-corrected chi connectivity index (χ4v) is 6.04. The third kappa shape index (κ3) is 7.44. The molecule has 0 bridgehead atoms. The smallest absolute Gasteiger partial charge is 0.255 e. The summed E-state index contributed by atoms with van der Waals surface area (Å²) in [4.78, 5) is 0. The van der Waals surface area contributed by atoms with Gasteiger partial charge in [-0.3, -0.25) is 0 Å². The average molecular weight is 286 g/mol. The van der Waals surface area contributed by atoms with Crippen molar-refractivity contribution in [3.8, 4) is 0 Å². The Morgan fingerprint density at radius 1 is 1.40 bits per heavy atom. The van der Waals surface area contributed by atoms with Crippen LogP contribution in [0.15, 0.2) is 12.7 Å². The molecule has 0 aromatic rings. The summed E-state index contributed by atoms with van der Waals surface area (Å²) in [5, 5.41) is 0. The van der Waals surface area contributed by atoms with Crippen LogP contribution in [-0.4, -0.2) is 24.2 Å². The van der Waals surface area contributed by atoms with Gasteiger partial charge in [-0.2, -0.15) is 0 Å². The van der Waals surface area contributed by atoms with Crippen molar-refractivity contribution < 1.29 is 13.8 Å². The fourth-order valence-electron chi connectivity index (χ4n) is 0.651. The summed E-state index contributed by atoms with van der Waals surface area (Å²) in [6.45, 7) is 8.66. The van der Waals surface area contributed by atoms with Gasteiger partial charge in [0, 0.05) is 11.4 Å². The topological polar surface area (TPSA) is 27.7 Å². The van der Waals surface area contributed by atoms with Crippen molar-refractivity contribution in [2.45, 2.75) is 13.8 Å². The van der Waals surface area contributed by atoms with Crippen LogP contribution >= 0.6 is 29.3 Å². The number of hydrogen-bond donors (Lipinski definition) is 0. The van der Waals surface area contributed by atoms with Crippen molar-refractivity contribution in [2.24, 2.45) is 0 Å². The van der Waals surface area contributed by atoms with E-state index in [2.05, 4.69) is 6.58 Å². The van der Waals surface area contributed by atoms with Crippen LogP contribution in [0.3, 0.4) is 0 Å². The number of thiocarbonyl (C=S) groups is 1. The van der Waals surface area contributed by atoms with E-state index in [1.807, 2.05) is 13.8 Å². The van der Waals surface area contributed by atoms with E-state index in [0.29, 0.717) is 24.2 Å². The Kier molecular flexibility index (Phi) is 8.99. The Morgan fingerprint density at radius 2 is 1.93 bits per heavy atom. The van der Waals surface area contributed by atoms with Crippen LogP contribution < -0.4 is 0 Å². The molecule has 15 heavy (non-hydrogen) atoms. The van der Waals surface area contributed by atoms with E-state index in [9.17, 15) is 0 Å². The van der Waals surface area contributed by atoms with E-state index < -0.39 is 5.69 Å². The van der Waals surface area contributed by atoms with Crippen LogP contribution in [-0.2, 0) is 25.6 Å². The zero-order chi connectivity index (χ0) is 11.7. The monoisotopic (exact) mass is 286 g/mol. The molecule has 7 heteroatoms. The first-order valence-electron chi connectivity index (χ1n) is 4.44. The highest BCUT2D eigenvalue weighted by Gasteiger charge is 2.22. The molecule has 0 rings (SSSR count). The van der Waals surface area contributed by atoms with Gasteiger partial charge in [-0.1, -0.05) is 12.7 Å². The minimum atomic E-state index is -2.37. The first-order valence-corrected chi connectivity index (χ1v) is 8.91. The van der Waals surface area contributed by atoms with E-state index in [0.717, 1.165) is 0 Å². The Labute approximate surface area is 105 Å². The molecule has 0 aromatic heterocycles. The molecule has 0 spiro atoms. The average Bonchev–Trinajstić information content (AvgIpc) is 2.15. The maximum atomic E-state index is 5.39. The molecule has 0 unspecified atom stereocenters. The van der Waals surface area contributed by atoms with Crippen molar-refractivity contribution in [2.75, 3.05) is 19.8 Å². The molecule has 0 aromatic carbocycles. The maximum absolute atomic E-state index is 5.39. The first-order chi connectivity index (χ1) is 7.08. The van der Waals surface area contributed by atoms with Gasteiger partial charge in [0.1, 0.15) is 6.61 Å². The normalized spacial score (nSPS) is 11.1. The summed E-state index contributed by atoms with van der Waals surface area (Å²) in [5.41, 5.74) is -2.37. The van der Waals surface area contributed by atoms with Crippen molar-refractivity contribution >= 4 is 45.5 Å². The highest BCUT2D eigenvalue weighted by atomic mass is 32.9. The Bertz CT molecular complexity index is 248. The molecular weight excluding hydrogens is 271 g/mol. The van der Waals surface area contributed by atoms with Crippen molar-refractivity contribution in [3.05, 3.63) is 12.7 Å². The molecule has 0 radical (unpaired) electrons.